The van der Waals surface area contributed by atoms with Crippen molar-refractivity contribution in [2.75, 3.05) is 6.54 Å². The van der Waals surface area contributed by atoms with Crippen molar-refractivity contribution in [1.82, 2.24) is 4.98 Å². The van der Waals surface area contributed by atoms with E-state index in [1.807, 2.05) is 12.3 Å². The molecule has 0 amide bonds. The number of hydrogen-bond acceptors (Lipinski definition) is 3. The van der Waals surface area contributed by atoms with Gasteiger partial charge in [-0.15, -0.1) is 0 Å². The lowest BCUT2D eigenvalue weighted by molar-refractivity contribution is 0.207. The molecular weight excluding hydrogens is 200 g/mol. The molecule has 3 nitrogen and oxygen atoms in total. The van der Waals surface area contributed by atoms with Crippen LogP contribution in [0.4, 0.5) is 0 Å². The first-order chi connectivity index (χ1) is 7.90. The van der Waals surface area contributed by atoms with Crippen LogP contribution in [0.15, 0.2) is 18.5 Å². The van der Waals surface area contributed by atoms with Crippen LogP contribution in [0.3, 0.4) is 0 Å². The van der Waals surface area contributed by atoms with E-state index >= 15 is 0 Å². The molecule has 1 aromatic heterocycles. The van der Waals surface area contributed by atoms with Crippen LogP contribution in [0.2, 0.25) is 0 Å². The third kappa shape index (κ3) is 2.95. The molecule has 0 unspecified atom stereocenters. The number of hydrogen-bond donors (Lipinski definition) is 1. The summed E-state index contributed by atoms with van der Waals surface area (Å²) in [5.74, 6) is 1.01. The summed E-state index contributed by atoms with van der Waals surface area (Å²) in [6, 6.07) is 1.98. The van der Waals surface area contributed by atoms with Gasteiger partial charge in [-0.1, -0.05) is 0 Å². The Kier molecular flexibility index (Phi) is 4.17. The summed E-state index contributed by atoms with van der Waals surface area (Å²) in [7, 11) is 0. The van der Waals surface area contributed by atoms with Crippen LogP contribution in [0.1, 0.15) is 37.7 Å². The molecule has 0 bridgehead atoms. The van der Waals surface area contributed by atoms with Crippen LogP contribution in [0.5, 0.6) is 5.75 Å². The Balaban J connectivity index is 2.00. The zero-order valence-corrected chi connectivity index (χ0v) is 9.69. The van der Waals surface area contributed by atoms with Crippen molar-refractivity contribution >= 4 is 0 Å². The average molecular weight is 220 g/mol. The standard InChI is InChI=1S/C13H20N2O/c14-8-3-4-11-10-15-9-7-13(11)16-12-5-1-2-6-12/h7,9-10,12H,1-6,8,14H2. The van der Waals surface area contributed by atoms with Crippen LogP contribution in [0, 0.1) is 0 Å². The van der Waals surface area contributed by atoms with Gasteiger partial charge in [0.15, 0.2) is 0 Å². The Morgan fingerprint density at radius 1 is 1.38 bits per heavy atom. The van der Waals surface area contributed by atoms with E-state index in [2.05, 4.69) is 4.98 Å². The number of rotatable bonds is 5. The SMILES string of the molecule is NCCCc1cnccc1OC1CCCC1. The summed E-state index contributed by atoms with van der Waals surface area (Å²) >= 11 is 0. The lowest BCUT2D eigenvalue weighted by atomic mass is 10.1. The highest BCUT2D eigenvalue weighted by Crippen LogP contribution is 2.26. The summed E-state index contributed by atoms with van der Waals surface area (Å²) in [6.45, 7) is 0.720. The minimum Gasteiger partial charge on any atom is -0.490 e. The largest absolute Gasteiger partial charge is 0.490 e. The highest BCUT2D eigenvalue weighted by atomic mass is 16.5. The normalized spacial score (nSPS) is 16.6. The monoisotopic (exact) mass is 220 g/mol. The van der Waals surface area contributed by atoms with Gasteiger partial charge in [0.1, 0.15) is 5.75 Å². The predicted octanol–water partition coefficient (Wildman–Crippen LogP) is 2.29. The molecule has 1 aliphatic carbocycles. The second kappa shape index (κ2) is 5.85. The van der Waals surface area contributed by atoms with Crippen molar-refractivity contribution in [3.8, 4) is 5.75 Å². The molecule has 0 atom stereocenters. The molecule has 0 aromatic carbocycles. The molecule has 16 heavy (non-hydrogen) atoms. The number of aromatic nitrogens is 1. The molecule has 88 valence electrons. The van der Waals surface area contributed by atoms with Crippen LogP contribution < -0.4 is 10.5 Å². The van der Waals surface area contributed by atoms with E-state index in [1.54, 1.807) is 6.20 Å². The lowest BCUT2D eigenvalue weighted by Crippen LogP contribution is -2.12. The van der Waals surface area contributed by atoms with Crippen LogP contribution in [-0.2, 0) is 6.42 Å². The number of aryl methyl sites for hydroxylation is 1. The van der Waals surface area contributed by atoms with E-state index in [0.29, 0.717) is 6.10 Å². The van der Waals surface area contributed by atoms with E-state index in [9.17, 15) is 0 Å². The second-order valence-electron chi connectivity index (χ2n) is 4.40. The van der Waals surface area contributed by atoms with Crippen molar-refractivity contribution in [2.24, 2.45) is 5.73 Å². The van der Waals surface area contributed by atoms with Gasteiger partial charge in [0.25, 0.3) is 0 Å². The van der Waals surface area contributed by atoms with Gasteiger partial charge in [0, 0.05) is 18.0 Å². The fourth-order valence-corrected chi connectivity index (χ4v) is 2.20. The Morgan fingerprint density at radius 3 is 2.94 bits per heavy atom. The molecule has 1 aliphatic rings. The first-order valence-electron chi connectivity index (χ1n) is 6.20. The molecular formula is C13H20N2O. The van der Waals surface area contributed by atoms with E-state index in [-0.39, 0.29) is 0 Å². The van der Waals surface area contributed by atoms with Gasteiger partial charge < -0.3 is 10.5 Å². The minimum atomic E-state index is 0.416. The van der Waals surface area contributed by atoms with Crippen molar-refractivity contribution in [1.29, 1.82) is 0 Å². The van der Waals surface area contributed by atoms with Gasteiger partial charge in [-0.3, -0.25) is 4.98 Å². The van der Waals surface area contributed by atoms with Gasteiger partial charge >= 0.3 is 0 Å². The minimum absolute atomic E-state index is 0.416. The first kappa shape index (κ1) is 11.4. The van der Waals surface area contributed by atoms with Crippen molar-refractivity contribution < 1.29 is 4.74 Å². The van der Waals surface area contributed by atoms with Crippen LogP contribution in [-0.4, -0.2) is 17.6 Å². The van der Waals surface area contributed by atoms with Gasteiger partial charge in [0.05, 0.1) is 6.10 Å². The zero-order valence-electron chi connectivity index (χ0n) is 9.69. The molecule has 1 fully saturated rings. The summed E-state index contributed by atoms with van der Waals surface area (Å²) in [5.41, 5.74) is 6.72. The predicted molar refractivity (Wildman–Crippen MR) is 64.5 cm³/mol. The highest BCUT2D eigenvalue weighted by Gasteiger charge is 2.17. The molecule has 0 aliphatic heterocycles. The maximum absolute atomic E-state index is 6.02. The Morgan fingerprint density at radius 2 is 2.19 bits per heavy atom. The number of ether oxygens (including phenoxy) is 1. The number of pyridine rings is 1. The Labute approximate surface area is 97.0 Å². The van der Waals surface area contributed by atoms with Crippen LogP contribution >= 0.6 is 0 Å². The van der Waals surface area contributed by atoms with Crippen molar-refractivity contribution in [3.63, 3.8) is 0 Å². The third-order valence-electron chi connectivity index (χ3n) is 3.10. The van der Waals surface area contributed by atoms with Crippen LogP contribution in [0.25, 0.3) is 0 Å². The lowest BCUT2D eigenvalue weighted by Gasteiger charge is -2.15. The second-order valence-corrected chi connectivity index (χ2v) is 4.40. The molecule has 1 heterocycles. The quantitative estimate of drug-likeness (QED) is 0.828. The summed E-state index contributed by atoms with van der Waals surface area (Å²) in [5, 5.41) is 0. The third-order valence-corrected chi connectivity index (χ3v) is 3.10. The summed E-state index contributed by atoms with van der Waals surface area (Å²) < 4.78 is 6.02. The van der Waals surface area contributed by atoms with Gasteiger partial charge in [0.2, 0.25) is 0 Å². The molecule has 0 saturated heterocycles. The van der Waals surface area contributed by atoms with Crippen molar-refractivity contribution in [3.05, 3.63) is 24.0 Å². The van der Waals surface area contributed by atoms with Gasteiger partial charge in [-0.05, 0) is 51.1 Å². The van der Waals surface area contributed by atoms with E-state index in [4.69, 9.17) is 10.5 Å². The van der Waals surface area contributed by atoms with E-state index in [0.717, 1.165) is 25.1 Å². The Bertz CT molecular complexity index is 321. The first-order valence-corrected chi connectivity index (χ1v) is 6.20. The summed E-state index contributed by atoms with van der Waals surface area (Å²) in [6.07, 6.45) is 11.1. The van der Waals surface area contributed by atoms with Gasteiger partial charge in [-0.2, -0.15) is 0 Å². The average Bonchev–Trinajstić information content (AvgIpc) is 2.81. The summed E-state index contributed by atoms with van der Waals surface area (Å²) in [4.78, 5) is 4.15. The molecule has 1 aromatic rings. The zero-order chi connectivity index (χ0) is 11.2. The molecule has 3 heteroatoms. The maximum Gasteiger partial charge on any atom is 0.125 e. The number of nitrogens with two attached hydrogens (primary N) is 1. The smallest absolute Gasteiger partial charge is 0.125 e. The van der Waals surface area contributed by atoms with E-state index < -0.39 is 0 Å². The topological polar surface area (TPSA) is 48.1 Å². The van der Waals surface area contributed by atoms with Gasteiger partial charge in [-0.25, -0.2) is 0 Å². The molecule has 0 spiro atoms. The molecule has 2 rings (SSSR count). The van der Waals surface area contributed by atoms with E-state index in [1.165, 1.54) is 31.2 Å². The fourth-order valence-electron chi connectivity index (χ4n) is 2.20. The molecule has 2 N–H and O–H groups in total. The molecule has 0 radical (unpaired) electrons. The van der Waals surface area contributed by atoms with Crippen molar-refractivity contribution in [2.45, 2.75) is 44.6 Å². The molecule has 1 saturated carbocycles. The Hall–Kier alpha value is -1.09. The fraction of sp³-hybridized carbons (Fsp3) is 0.615. The number of nitrogens with zero attached hydrogens (tertiary/aromatic N) is 1. The highest BCUT2D eigenvalue weighted by molar-refractivity contribution is 5.30. The maximum atomic E-state index is 6.02.